The Morgan fingerprint density at radius 2 is 2.05 bits per heavy atom. The van der Waals surface area contributed by atoms with Gasteiger partial charge >= 0.3 is 0 Å². The first kappa shape index (κ1) is 15.3. The zero-order chi connectivity index (χ0) is 16.1. The molecule has 0 bridgehead atoms. The standard InChI is InChI=1S/C16H16N4O2/c1-11-8-15(19-22-11)18-16(21)13(10-17)9-12-4-6-14(7-5-12)20(2)3/h4-9H,1-3H3,(H,18,19,21)/b13-9-. The fourth-order valence-corrected chi connectivity index (χ4v) is 1.79. The summed E-state index contributed by atoms with van der Waals surface area (Å²) in [6.07, 6.45) is 1.53. The predicted octanol–water partition coefficient (Wildman–Crippen LogP) is 2.59. The Morgan fingerprint density at radius 3 is 2.55 bits per heavy atom. The van der Waals surface area contributed by atoms with Gasteiger partial charge in [-0.05, 0) is 30.7 Å². The molecule has 0 fully saturated rings. The molecule has 1 aromatic heterocycles. The van der Waals surface area contributed by atoms with Gasteiger partial charge in [-0.1, -0.05) is 17.3 Å². The van der Waals surface area contributed by atoms with E-state index in [4.69, 9.17) is 9.78 Å². The zero-order valence-corrected chi connectivity index (χ0v) is 12.6. The molecule has 0 saturated heterocycles. The van der Waals surface area contributed by atoms with Crippen molar-refractivity contribution in [3.63, 3.8) is 0 Å². The van der Waals surface area contributed by atoms with Crippen LogP contribution in [0.15, 0.2) is 40.4 Å². The van der Waals surface area contributed by atoms with Crippen molar-refractivity contribution in [3.8, 4) is 6.07 Å². The van der Waals surface area contributed by atoms with E-state index in [0.717, 1.165) is 11.3 Å². The van der Waals surface area contributed by atoms with Crippen LogP contribution in [0, 0.1) is 18.3 Å². The molecular weight excluding hydrogens is 280 g/mol. The number of rotatable bonds is 4. The zero-order valence-electron chi connectivity index (χ0n) is 12.6. The molecule has 0 aliphatic rings. The number of aryl methyl sites for hydroxylation is 1. The van der Waals surface area contributed by atoms with Crippen molar-refractivity contribution in [1.29, 1.82) is 5.26 Å². The van der Waals surface area contributed by atoms with Gasteiger partial charge in [-0.15, -0.1) is 0 Å². The molecule has 0 spiro atoms. The van der Waals surface area contributed by atoms with E-state index in [0.29, 0.717) is 5.76 Å². The largest absolute Gasteiger partial charge is 0.378 e. The number of nitriles is 1. The van der Waals surface area contributed by atoms with Crippen molar-refractivity contribution < 1.29 is 9.32 Å². The minimum absolute atomic E-state index is 0.00161. The molecule has 6 heteroatoms. The van der Waals surface area contributed by atoms with Gasteiger partial charge in [0.05, 0.1) is 0 Å². The van der Waals surface area contributed by atoms with Gasteiger partial charge in [-0.25, -0.2) is 0 Å². The highest BCUT2D eigenvalue weighted by Crippen LogP contribution is 2.15. The number of aromatic nitrogens is 1. The number of carbonyl (C=O) groups excluding carboxylic acids is 1. The molecule has 0 aliphatic heterocycles. The molecule has 0 radical (unpaired) electrons. The quantitative estimate of drug-likeness (QED) is 0.692. The van der Waals surface area contributed by atoms with Gasteiger partial charge in [0.2, 0.25) is 0 Å². The third-order valence-electron chi connectivity index (χ3n) is 2.96. The molecule has 2 rings (SSSR count). The van der Waals surface area contributed by atoms with Gasteiger partial charge in [0.15, 0.2) is 5.82 Å². The van der Waals surface area contributed by atoms with E-state index in [9.17, 15) is 4.79 Å². The van der Waals surface area contributed by atoms with Crippen molar-refractivity contribution in [2.45, 2.75) is 6.92 Å². The van der Waals surface area contributed by atoms with E-state index in [1.54, 1.807) is 13.0 Å². The van der Waals surface area contributed by atoms with E-state index in [-0.39, 0.29) is 11.4 Å². The Morgan fingerprint density at radius 1 is 1.36 bits per heavy atom. The Balaban J connectivity index is 2.16. The van der Waals surface area contributed by atoms with Crippen LogP contribution in [-0.4, -0.2) is 25.2 Å². The Hall–Kier alpha value is -3.07. The van der Waals surface area contributed by atoms with Gasteiger partial charge in [0.1, 0.15) is 17.4 Å². The highest BCUT2D eigenvalue weighted by molar-refractivity contribution is 6.09. The summed E-state index contributed by atoms with van der Waals surface area (Å²) in [6.45, 7) is 1.72. The molecule has 0 unspecified atom stereocenters. The lowest BCUT2D eigenvalue weighted by Crippen LogP contribution is -2.13. The van der Waals surface area contributed by atoms with Crippen LogP contribution in [0.3, 0.4) is 0 Å². The molecule has 112 valence electrons. The first-order valence-corrected chi connectivity index (χ1v) is 6.63. The summed E-state index contributed by atoms with van der Waals surface area (Å²) < 4.78 is 4.86. The van der Waals surface area contributed by atoms with Crippen molar-refractivity contribution >= 4 is 23.5 Å². The molecule has 1 N–H and O–H groups in total. The SMILES string of the molecule is Cc1cc(NC(=O)/C(C#N)=C\c2ccc(N(C)C)cc2)no1. The van der Waals surface area contributed by atoms with Crippen LogP contribution in [0.4, 0.5) is 11.5 Å². The molecule has 1 heterocycles. The first-order chi connectivity index (χ1) is 10.5. The number of hydrogen-bond acceptors (Lipinski definition) is 5. The summed E-state index contributed by atoms with van der Waals surface area (Å²) in [5.74, 6) is 0.344. The van der Waals surface area contributed by atoms with Crippen LogP contribution >= 0.6 is 0 Å². The van der Waals surface area contributed by atoms with Gasteiger partial charge in [0.25, 0.3) is 5.91 Å². The number of hydrogen-bond donors (Lipinski definition) is 1. The molecule has 0 saturated carbocycles. The molecule has 22 heavy (non-hydrogen) atoms. The highest BCUT2D eigenvalue weighted by atomic mass is 16.5. The maximum Gasteiger partial charge on any atom is 0.267 e. The van der Waals surface area contributed by atoms with Gasteiger partial charge < -0.3 is 14.7 Å². The normalized spacial score (nSPS) is 10.9. The summed E-state index contributed by atoms with van der Waals surface area (Å²) in [6, 6.07) is 11.0. The summed E-state index contributed by atoms with van der Waals surface area (Å²) >= 11 is 0. The second kappa shape index (κ2) is 6.59. The minimum atomic E-state index is -0.521. The molecule has 1 amide bonds. The average molecular weight is 296 g/mol. The van der Waals surface area contributed by atoms with Crippen LogP contribution < -0.4 is 10.2 Å². The molecule has 6 nitrogen and oxygen atoms in total. The molecule has 1 aromatic carbocycles. The van der Waals surface area contributed by atoms with E-state index in [2.05, 4.69) is 10.5 Å². The number of nitrogens with zero attached hydrogens (tertiary/aromatic N) is 3. The van der Waals surface area contributed by atoms with Crippen LogP contribution in [0.2, 0.25) is 0 Å². The maximum atomic E-state index is 12.0. The second-order valence-corrected chi connectivity index (χ2v) is 4.93. The number of carbonyl (C=O) groups is 1. The first-order valence-electron chi connectivity index (χ1n) is 6.63. The monoisotopic (exact) mass is 296 g/mol. The maximum absolute atomic E-state index is 12.0. The van der Waals surface area contributed by atoms with E-state index in [1.807, 2.05) is 49.3 Å². The van der Waals surface area contributed by atoms with Crippen LogP contribution in [0.5, 0.6) is 0 Å². The summed E-state index contributed by atoms with van der Waals surface area (Å²) in [5.41, 5.74) is 1.81. The Bertz CT molecular complexity index is 736. The fourth-order valence-electron chi connectivity index (χ4n) is 1.79. The van der Waals surface area contributed by atoms with Crippen molar-refractivity contribution in [2.24, 2.45) is 0 Å². The smallest absolute Gasteiger partial charge is 0.267 e. The lowest BCUT2D eigenvalue weighted by Gasteiger charge is -2.11. The van der Waals surface area contributed by atoms with E-state index >= 15 is 0 Å². The third kappa shape index (κ3) is 3.73. The predicted molar refractivity (Wildman–Crippen MR) is 84.2 cm³/mol. The average Bonchev–Trinajstić information content (AvgIpc) is 2.90. The molecule has 2 aromatic rings. The Kier molecular flexibility index (Phi) is 4.59. The Labute approximate surface area is 128 Å². The van der Waals surface area contributed by atoms with E-state index < -0.39 is 5.91 Å². The third-order valence-corrected chi connectivity index (χ3v) is 2.96. The fraction of sp³-hybridized carbons (Fsp3) is 0.188. The molecule has 0 aliphatic carbocycles. The number of anilines is 2. The van der Waals surface area contributed by atoms with Crippen LogP contribution in [0.25, 0.3) is 6.08 Å². The lowest BCUT2D eigenvalue weighted by molar-refractivity contribution is -0.112. The number of amides is 1. The topological polar surface area (TPSA) is 82.2 Å². The van der Waals surface area contributed by atoms with Crippen LogP contribution in [-0.2, 0) is 4.79 Å². The van der Waals surface area contributed by atoms with Crippen molar-refractivity contribution in [1.82, 2.24) is 5.16 Å². The second-order valence-electron chi connectivity index (χ2n) is 4.93. The number of nitrogens with one attached hydrogen (secondary N) is 1. The van der Waals surface area contributed by atoms with Crippen LogP contribution in [0.1, 0.15) is 11.3 Å². The van der Waals surface area contributed by atoms with Gasteiger partial charge in [-0.3, -0.25) is 4.79 Å². The number of benzene rings is 1. The van der Waals surface area contributed by atoms with E-state index in [1.165, 1.54) is 6.08 Å². The van der Waals surface area contributed by atoms with Crippen molar-refractivity contribution in [2.75, 3.05) is 24.3 Å². The summed E-state index contributed by atoms with van der Waals surface area (Å²) in [4.78, 5) is 14.0. The minimum Gasteiger partial charge on any atom is -0.378 e. The summed E-state index contributed by atoms with van der Waals surface area (Å²) in [5, 5.41) is 15.3. The highest BCUT2D eigenvalue weighted by Gasteiger charge is 2.11. The molecule has 0 atom stereocenters. The molecular formula is C16H16N4O2. The van der Waals surface area contributed by atoms with Gasteiger partial charge in [0, 0.05) is 25.8 Å². The van der Waals surface area contributed by atoms with Gasteiger partial charge in [-0.2, -0.15) is 5.26 Å². The summed E-state index contributed by atoms with van der Waals surface area (Å²) in [7, 11) is 3.89. The lowest BCUT2D eigenvalue weighted by atomic mass is 10.1. The van der Waals surface area contributed by atoms with Crippen molar-refractivity contribution in [3.05, 3.63) is 47.2 Å².